The van der Waals surface area contributed by atoms with Crippen molar-refractivity contribution >= 4 is 23.2 Å². The van der Waals surface area contributed by atoms with Gasteiger partial charge in [0.1, 0.15) is 17.5 Å². The third-order valence-electron chi connectivity index (χ3n) is 4.00. The average Bonchev–Trinajstić information content (AvgIpc) is 2.58. The molecule has 0 N–H and O–H groups in total. The van der Waals surface area contributed by atoms with Gasteiger partial charge in [-0.25, -0.2) is 13.2 Å². The summed E-state index contributed by atoms with van der Waals surface area (Å²) in [5, 5.41) is 0. The van der Waals surface area contributed by atoms with E-state index in [1.807, 2.05) is 24.3 Å². The van der Waals surface area contributed by atoms with E-state index in [1.165, 1.54) is 43.4 Å². The molecule has 132 valence electrons. The fourth-order valence-corrected chi connectivity index (χ4v) is 2.76. The molecule has 0 aliphatic rings. The summed E-state index contributed by atoms with van der Waals surface area (Å²) in [4.78, 5) is 0.473. The first kappa shape index (κ1) is 19.4. The second-order valence-electron chi connectivity index (χ2n) is 5.99. The highest BCUT2D eigenvalue weighted by Crippen LogP contribution is 2.17. The van der Waals surface area contributed by atoms with Crippen LogP contribution in [0.2, 0.25) is 0 Å². The highest BCUT2D eigenvalue weighted by Gasteiger charge is 2.09. The minimum Gasteiger partial charge on any atom is -0.207 e. The Kier molecular flexibility index (Phi) is 7.38. The molecule has 0 saturated heterocycles. The molecule has 0 nitrogen and oxygen atoms in total. The standard InChI is InChI=1S/C21H21F3S/c1-2-3-4-5-6-15-7-9-16(10-8-15)21(25)12-11-18-19(23)13-17(22)14-20(18)24/h7-14H,2-6H2,1H3. The molecule has 2 aromatic carbocycles. The Morgan fingerprint density at radius 3 is 2.20 bits per heavy atom. The fourth-order valence-electron chi connectivity index (χ4n) is 2.56. The van der Waals surface area contributed by atoms with Gasteiger partial charge < -0.3 is 0 Å². The van der Waals surface area contributed by atoms with Crippen molar-refractivity contribution in [1.29, 1.82) is 0 Å². The van der Waals surface area contributed by atoms with Crippen molar-refractivity contribution in [2.75, 3.05) is 0 Å². The minimum absolute atomic E-state index is 0.295. The molecule has 4 heteroatoms. The molecule has 0 fully saturated rings. The third-order valence-corrected chi connectivity index (χ3v) is 4.37. The maximum absolute atomic E-state index is 13.6. The molecule has 0 heterocycles. The lowest BCUT2D eigenvalue weighted by atomic mass is 10.0. The average molecular weight is 362 g/mol. The zero-order chi connectivity index (χ0) is 18.2. The van der Waals surface area contributed by atoms with Gasteiger partial charge in [0, 0.05) is 22.6 Å². The van der Waals surface area contributed by atoms with Crippen LogP contribution in [0.4, 0.5) is 13.2 Å². The predicted molar refractivity (Wildman–Crippen MR) is 101 cm³/mol. The summed E-state index contributed by atoms with van der Waals surface area (Å²) < 4.78 is 40.1. The lowest BCUT2D eigenvalue weighted by Gasteiger charge is -2.04. The van der Waals surface area contributed by atoms with Crippen LogP contribution in [0, 0.1) is 17.5 Å². The van der Waals surface area contributed by atoms with Gasteiger partial charge in [-0.1, -0.05) is 62.7 Å². The summed E-state index contributed by atoms with van der Waals surface area (Å²) in [5.74, 6) is -2.83. The highest BCUT2D eigenvalue weighted by atomic mass is 32.1. The topological polar surface area (TPSA) is 0 Å². The molecular weight excluding hydrogens is 341 g/mol. The lowest BCUT2D eigenvalue weighted by Crippen LogP contribution is -1.95. The maximum Gasteiger partial charge on any atom is 0.136 e. The Morgan fingerprint density at radius 1 is 0.960 bits per heavy atom. The Labute approximate surface area is 152 Å². The van der Waals surface area contributed by atoms with Crippen molar-refractivity contribution in [1.82, 2.24) is 0 Å². The van der Waals surface area contributed by atoms with E-state index in [2.05, 4.69) is 6.92 Å². The normalized spacial score (nSPS) is 11.2. The molecule has 0 unspecified atom stereocenters. The van der Waals surface area contributed by atoms with Gasteiger partial charge in [0.25, 0.3) is 0 Å². The van der Waals surface area contributed by atoms with Gasteiger partial charge in [0.05, 0.1) is 0 Å². The molecule has 25 heavy (non-hydrogen) atoms. The van der Waals surface area contributed by atoms with Crippen molar-refractivity contribution in [2.24, 2.45) is 0 Å². The molecule has 0 aromatic heterocycles. The van der Waals surface area contributed by atoms with E-state index in [-0.39, 0.29) is 5.56 Å². The number of rotatable bonds is 8. The number of halogens is 3. The molecule has 0 aliphatic carbocycles. The number of aryl methyl sites for hydroxylation is 1. The maximum atomic E-state index is 13.6. The molecule has 0 atom stereocenters. The third kappa shape index (κ3) is 5.82. The van der Waals surface area contributed by atoms with Crippen molar-refractivity contribution in [2.45, 2.75) is 39.0 Å². The highest BCUT2D eigenvalue weighted by molar-refractivity contribution is 7.81. The van der Waals surface area contributed by atoms with E-state index in [1.54, 1.807) is 0 Å². The van der Waals surface area contributed by atoms with Gasteiger partial charge >= 0.3 is 0 Å². The molecule has 0 bridgehead atoms. The molecule has 0 radical (unpaired) electrons. The van der Waals surface area contributed by atoms with Gasteiger partial charge in [-0.3, -0.25) is 0 Å². The molecular formula is C21H21F3S. The number of benzene rings is 2. The van der Waals surface area contributed by atoms with E-state index in [4.69, 9.17) is 12.2 Å². The molecule has 0 aliphatic heterocycles. The van der Waals surface area contributed by atoms with Crippen LogP contribution >= 0.6 is 12.2 Å². The number of unbranched alkanes of at least 4 members (excludes halogenated alkanes) is 3. The second-order valence-corrected chi connectivity index (χ2v) is 6.43. The number of hydrogen-bond donors (Lipinski definition) is 0. The summed E-state index contributed by atoms with van der Waals surface area (Å²) in [7, 11) is 0. The molecule has 0 saturated carbocycles. The van der Waals surface area contributed by atoms with Crippen LogP contribution in [0.1, 0.15) is 49.3 Å². The first-order valence-corrected chi connectivity index (χ1v) is 8.88. The van der Waals surface area contributed by atoms with Crippen LogP contribution in [0.25, 0.3) is 6.08 Å². The fraction of sp³-hybridized carbons (Fsp3) is 0.286. The second kappa shape index (κ2) is 9.52. The first-order valence-electron chi connectivity index (χ1n) is 8.47. The van der Waals surface area contributed by atoms with Crippen molar-refractivity contribution in [3.8, 4) is 0 Å². The van der Waals surface area contributed by atoms with Crippen LogP contribution < -0.4 is 0 Å². The van der Waals surface area contributed by atoms with Crippen LogP contribution in [-0.2, 0) is 6.42 Å². The van der Waals surface area contributed by atoms with Crippen LogP contribution in [-0.4, -0.2) is 4.86 Å². The first-order chi connectivity index (χ1) is 12.0. The Balaban J connectivity index is 2.01. The number of thiocarbonyl (C=S) groups is 1. The van der Waals surface area contributed by atoms with Crippen LogP contribution in [0.3, 0.4) is 0 Å². The Bertz CT molecular complexity index is 725. The Hall–Kier alpha value is -1.94. The van der Waals surface area contributed by atoms with Gasteiger partial charge in [-0.2, -0.15) is 0 Å². The summed E-state index contributed by atoms with van der Waals surface area (Å²) in [6.07, 6.45) is 8.61. The number of allylic oxidation sites excluding steroid dienone is 1. The quantitative estimate of drug-likeness (QED) is 0.219. The summed E-state index contributed by atoms with van der Waals surface area (Å²) in [5.41, 5.74) is 1.77. The zero-order valence-electron chi connectivity index (χ0n) is 14.2. The largest absolute Gasteiger partial charge is 0.207 e. The summed E-state index contributed by atoms with van der Waals surface area (Å²) >= 11 is 5.29. The van der Waals surface area contributed by atoms with Gasteiger partial charge in [-0.05, 0) is 36.1 Å². The van der Waals surface area contributed by atoms with Crippen molar-refractivity contribution < 1.29 is 13.2 Å². The smallest absolute Gasteiger partial charge is 0.136 e. The molecule has 2 aromatic rings. The van der Waals surface area contributed by atoms with Crippen LogP contribution in [0.5, 0.6) is 0 Å². The van der Waals surface area contributed by atoms with Crippen molar-refractivity contribution in [3.63, 3.8) is 0 Å². The van der Waals surface area contributed by atoms with Gasteiger partial charge in [0.15, 0.2) is 0 Å². The van der Waals surface area contributed by atoms with E-state index in [9.17, 15) is 13.2 Å². The van der Waals surface area contributed by atoms with Crippen LogP contribution in [0.15, 0.2) is 42.5 Å². The molecule has 0 amide bonds. The zero-order valence-corrected chi connectivity index (χ0v) is 15.0. The van der Waals surface area contributed by atoms with Gasteiger partial charge in [-0.15, -0.1) is 0 Å². The lowest BCUT2D eigenvalue weighted by molar-refractivity contribution is 0.540. The molecule has 2 rings (SSSR count). The monoisotopic (exact) mass is 362 g/mol. The van der Waals surface area contributed by atoms with Gasteiger partial charge in [0.2, 0.25) is 0 Å². The molecule has 0 spiro atoms. The Morgan fingerprint density at radius 2 is 1.60 bits per heavy atom. The minimum atomic E-state index is -0.945. The van der Waals surface area contributed by atoms with E-state index < -0.39 is 17.5 Å². The number of hydrogen-bond acceptors (Lipinski definition) is 1. The SMILES string of the molecule is CCCCCCc1ccc(C(=S)C=Cc2c(F)cc(F)cc2F)cc1. The summed E-state index contributed by atoms with van der Waals surface area (Å²) in [6.45, 7) is 2.19. The predicted octanol–water partition coefficient (Wildman–Crippen LogP) is 6.66. The van der Waals surface area contributed by atoms with Crippen molar-refractivity contribution in [3.05, 3.63) is 76.6 Å². The van der Waals surface area contributed by atoms with E-state index >= 15 is 0 Å². The summed E-state index contributed by atoms with van der Waals surface area (Å²) in [6, 6.07) is 9.19. The van der Waals surface area contributed by atoms with E-state index in [0.29, 0.717) is 17.0 Å². The van der Waals surface area contributed by atoms with E-state index in [0.717, 1.165) is 12.0 Å².